The molecule has 0 atom stereocenters. The molecule has 1 fully saturated rings. The van der Waals surface area contributed by atoms with Gasteiger partial charge in [0.05, 0.1) is 24.5 Å². The van der Waals surface area contributed by atoms with E-state index in [0.717, 1.165) is 0 Å². The topological polar surface area (TPSA) is 66.8 Å². The summed E-state index contributed by atoms with van der Waals surface area (Å²) in [5.74, 6) is 0.108. The van der Waals surface area contributed by atoms with E-state index in [4.69, 9.17) is 9.84 Å². The predicted octanol–water partition coefficient (Wildman–Crippen LogP) is 0.200. The zero-order valence-electron chi connectivity index (χ0n) is 9.98. The number of nitrogens with zero attached hydrogens (tertiary/aromatic N) is 1. The van der Waals surface area contributed by atoms with Crippen LogP contribution in [-0.4, -0.2) is 55.5 Å². The molecule has 6 heteroatoms. The normalized spacial score (nSPS) is 22.2. The van der Waals surface area contributed by atoms with Gasteiger partial charge in [-0.05, 0) is 26.7 Å². The molecule has 1 rings (SSSR count). The molecule has 16 heavy (non-hydrogen) atoms. The third kappa shape index (κ3) is 3.41. The Hall–Kier alpha value is -0.170. The molecule has 0 saturated carbocycles. The van der Waals surface area contributed by atoms with Gasteiger partial charge in [0.1, 0.15) is 0 Å². The van der Waals surface area contributed by atoms with Crippen LogP contribution in [0, 0.1) is 0 Å². The summed E-state index contributed by atoms with van der Waals surface area (Å²) in [5.41, 5.74) is -0.462. The summed E-state index contributed by atoms with van der Waals surface area (Å²) in [7, 11) is -3.22. The van der Waals surface area contributed by atoms with E-state index in [1.165, 1.54) is 4.31 Å². The maximum atomic E-state index is 12.1. The minimum atomic E-state index is -3.22. The molecule has 0 amide bonds. The summed E-state index contributed by atoms with van der Waals surface area (Å²) >= 11 is 0. The van der Waals surface area contributed by atoms with Crippen LogP contribution in [0.3, 0.4) is 0 Å². The zero-order valence-corrected chi connectivity index (χ0v) is 10.8. The quantitative estimate of drug-likeness (QED) is 0.709. The summed E-state index contributed by atoms with van der Waals surface area (Å²) < 4.78 is 30.9. The largest absolute Gasteiger partial charge is 0.396 e. The number of aliphatic hydroxyl groups excluding tert-OH is 1. The maximum Gasteiger partial charge on any atom is 0.214 e. The van der Waals surface area contributed by atoms with E-state index in [1.54, 1.807) is 0 Å². The smallest absolute Gasteiger partial charge is 0.214 e. The Bertz CT molecular complexity index is 313. The summed E-state index contributed by atoms with van der Waals surface area (Å²) in [4.78, 5) is 0. The van der Waals surface area contributed by atoms with Gasteiger partial charge in [-0.25, -0.2) is 8.42 Å². The first kappa shape index (κ1) is 13.9. The average Bonchev–Trinajstić information content (AvgIpc) is 2.16. The molecule has 1 aliphatic rings. The second kappa shape index (κ2) is 5.44. The summed E-state index contributed by atoms with van der Waals surface area (Å²) in [6.45, 7) is 5.11. The molecular weight excluding hydrogens is 230 g/mol. The Kier molecular flexibility index (Phi) is 4.73. The van der Waals surface area contributed by atoms with E-state index >= 15 is 0 Å². The van der Waals surface area contributed by atoms with Crippen LogP contribution in [-0.2, 0) is 14.8 Å². The Morgan fingerprint density at radius 3 is 2.62 bits per heavy atom. The van der Waals surface area contributed by atoms with Crippen molar-refractivity contribution in [3.8, 4) is 0 Å². The molecule has 0 bridgehead atoms. The number of hydrogen-bond donors (Lipinski definition) is 1. The highest BCUT2D eigenvalue weighted by atomic mass is 32.2. The lowest BCUT2D eigenvalue weighted by molar-refractivity contribution is -0.00770. The SMILES string of the molecule is CC1(C)COCCN1S(=O)(=O)CCCCO. The lowest BCUT2D eigenvalue weighted by atomic mass is 10.1. The van der Waals surface area contributed by atoms with Crippen molar-refractivity contribution in [2.75, 3.05) is 32.1 Å². The van der Waals surface area contributed by atoms with Crippen molar-refractivity contribution in [1.82, 2.24) is 4.31 Å². The highest BCUT2D eigenvalue weighted by Gasteiger charge is 2.38. The van der Waals surface area contributed by atoms with Crippen LogP contribution in [0.1, 0.15) is 26.7 Å². The van der Waals surface area contributed by atoms with Crippen LogP contribution < -0.4 is 0 Å². The minimum absolute atomic E-state index is 0.0437. The van der Waals surface area contributed by atoms with E-state index in [0.29, 0.717) is 32.6 Å². The third-order valence-electron chi connectivity index (χ3n) is 2.72. The third-order valence-corrected chi connectivity index (χ3v) is 4.87. The van der Waals surface area contributed by atoms with Gasteiger partial charge in [-0.1, -0.05) is 0 Å². The fourth-order valence-corrected chi connectivity index (χ4v) is 3.81. The molecule has 0 radical (unpaired) electrons. The Labute approximate surface area is 97.4 Å². The zero-order chi connectivity index (χ0) is 12.2. The monoisotopic (exact) mass is 251 g/mol. The van der Waals surface area contributed by atoms with Crippen molar-refractivity contribution in [3.63, 3.8) is 0 Å². The van der Waals surface area contributed by atoms with Crippen LogP contribution in [0.4, 0.5) is 0 Å². The molecule has 0 aromatic rings. The molecule has 0 aromatic heterocycles. The number of ether oxygens (including phenoxy) is 1. The Morgan fingerprint density at radius 1 is 1.38 bits per heavy atom. The van der Waals surface area contributed by atoms with Gasteiger partial charge in [-0.15, -0.1) is 0 Å². The predicted molar refractivity (Wildman–Crippen MR) is 61.7 cm³/mol. The number of unbranched alkanes of at least 4 members (excludes halogenated alkanes) is 1. The average molecular weight is 251 g/mol. The lowest BCUT2D eigenvalue weighted by Gasteiger charge is -2.40. The van der Waals surface area contributed by atoms with Gasteiger partial charge in [0, 0.05) is 13.2 Å². The summed E-state index contributed by atoms with van der Waals surface area (Å²) in [5, 5.41) is 8.65. The van der Waals surface area contributed by atoms with Crippen molar-refractivity contribution in [2.45, 2.75) is 32.2 Å². The highest BCUT2D eigenvalue weighted by Crippen LogP contribution is 2.23. The van der Waals surface area contributed by atoms with Crippen LogP contribution in [0.25, 0.3) is 0 Å². The van der Waals surface area contributed by atoms with Gasteiger partial charge in [0.15, 0.2) is 0 Å². The first-order valence-electron chi connectivity index (χ1n) is 5.59. The van der Waals surface area contributed by atoms with Gasteiger partial charge in [-0.3, -0.25) is 0 Å². The fourth-order valence-electron chi connectivity index (χ4n) is 1.87. The van der Waals surface area contributed by atoms with E-state index < -0.39 is 15.6 Å². The van der Waals surface area contributed by atoms with Crippen molar-refractivity contribution >= 4 is 10.0 Å². The van der Waals surface area contributed by atoms with Crippen LogP contribution in [0.2, 0.25) is 0 Å². The molecular formula is C10H21NO4S. The number of rotatable bonds is 5. The molecule has 5 nitrogen and oxygen atoms in total. The standard InChI is InChI=1S/C10H21NO4S/c1-10(2)9-15-7-5-11(10)16(13,14)8-4-3-6-12/h12H,3-9H2,1-2H3. The van der Waals surface area contributed by atoms with Gasteiger partial charge in [0.2, 0.25) is 10.0 Å². The molecule has 0 aliphatic carbocycles. The molecule has 1 heterocycles. The van der Waals surface area contributed by atoms with Gasteiger partial charge >= 0.3 is 0 Å². The molecule has 96 valence electrons. The lowest BCUT2D eigenvalue weighted by Crippen LogP contribution is -2.55. The molecule has 0 aromatic carbocycles. The number of morpholine rings is 1. The second-order valence-corrected chi connectivity index (χ2v) is 6.70. The second-order valence-electron chi connectivity index (χ2n) is 4.68. The summed E-state index contributed by atoms with van der Waals surface area (Å²) in [6, 6.07) is 0. The molecule has 0 unspecified atom stereocenters. The van der Waals surface area contributed by atoms with E-state index in [1.807, 2.05) is 13.8 Å². The van der Waals surface area contributed by atoms with Gasteiger partial charge in [0.25, 0.3) is 0 Å². The highest BCUT2D eigenvalue weighted by molar-refractivity contribution is 7.89. The Balaban J connectivity index is 2.66. The number of sulfonamides is 1. The first-order chi connectivity index (χ1) is 7.40. The minimum Gasteiger partial charge on any atom is -0.396 e. The van der Waals surface area contributed by atoms with Crippen LogP contribution >= 0.6 is 0 Å². The maximum absolute atomic E-state index is 12.1. The fraction of sp³-hybridized carbons (Fsp3) is 1.00. The van der Waals surface area contributed by atoms with Crippen molar-refractivity contribution < 1.29 is 18.3 Å². The van der Waals surface area contributed by atoms with Crippen molar-refractivity contribution in [1.29, 1.82) is 0 Å². The van der Waals surface area contributed by atoms with Crippen LogP contribution in [0.5, 0.6) is 0 Å². The van der Waals surface area contributed by atoms with E-state index in [9.17, 15) is 8.42 Å². The number of aliphatic hydroxyl groups is 1. The van der Waals surface area contributed by atoms with Gasteiger partial charge < -0.3 is 9.84 Å². The summed E-state index contributed by atoms with van der Waals surface area (Å²) in [6.07, 6.45) is 1.04. The Morgan fingerprint density at radius 2 is 2.06 bits per heavy atom. The van der Waals surface area contributed by atoms with Crippen LogP contribution in [0.15, 0.2) is 0 Å². The molecule has 1 saturated heterocycles. The number of hydrogen-bond acceptors (Lipinski definition) is 4. The molecule has 0 spiro atoms. The van der Waals surface area contributed by atoms with E-state index in [-0.39, 0.29) is 12.4 Å². The molecule has 1 N–H and O–H groups in total. The molecule has 1 aliphatic heterocycles. The van der Waals surface area contributed by atoms with Crippen molar-refractivity contribution in [3.05, 3.63) is 0 Å². The van der Waals surface area contributed by atoms with Crippen molar-refractivity contribution in [2.24, 2.45) is 0 Å². The van der Waals surface area contributed by atoms with E-state index in [2.05, 4.69) is 0 Å². The van der Waals surface area contributed by atoms with Gasteiger partial charge in [-0.2, -0.15) is 4.31 Å². The first-order valence-corrected chi connectivity index (χ1v) is 7.20.